The molecule has 25 heavy (non-hydrogen) atoms. The Bertz CT molecular complexity index is 997. The maximum absolute atomic E-state index is 11.1. The van der Waals surface area contributed by atoms with Crippen LogP contribution in [-0.4, -0.2) is 26.0 Å². The molecule has 0 unspecified atom stereocenters. The molecule has 2 aromatic carbocycles. The fourth-order valence-corrected chi connectivity index (χ4v) is 2.24. The van der Waals surface area contributed by atoms with Gasteiger partial charge in [-0.3, -0.25) is 15.2 Å². The molecular weight excluding hydrogens is 366 g/mol. The normalized spacial score (nSPS) is 10.9. The smallest absolute Gasteiger partial charge is 0.313 e. The van der Waals surface area contributed by atoms with Gasteiger partial charge in [0.1, 0.15) is 12.1 Å². The van der Waals surface area contributed by atoms with Crippen molar-refractivity contribution in [1.82, 2.24) is 14.9 Å². The molecule has 0 saturated heterocycles. The first kappa shape index (κ1) is 16.8. The van der Waals surface area contributed by atoms with E-state index in [1.54, 1.807) is 30.5 Å². The Balaban J connectivity index is 1.77. The zero-order chi connectivity index (χ0) is 17.8. The van der Waals surface area contributed by atoms with Crippen molar-refractivity contribution in [3.63, 3.8) is 0 Å². The number of aromatic nitrogens is 3. The molecule has 0 spiro atoms. The van der Waals surface area contributed by atoms with Gasteiger partial charge < -0.3 is 4.74 Å². The Hall–Kier alpha value is -3.04. The summed E-state index contributed by atoms with van der Waals surface area (Å²) in [7, 11) is 0. The van der Waals surface area contributed by atoms with Crippen molar-refractivity contribution in [3.05, 3.63) is 74.3 Å². The fraction of sp³-hybridized carbons (Fsp3) is 0. The number of nitro benzene ring substituents is 1. The van der Waals surface area contributed by atoms with Crippen LogP contribution in [0.25, 0.3) is 0 Å². The molecule has 1 heterocycles. The number of H-pyrrole nitrogens is 1. The van der Waals surface area contributed by atoms with E-state index in [-0.39, 0.29) is 16.5 Å². The topological polar surface area (TPSA) is 98.3 Å². The quantitative estimate of drug-likeness (QED) is 0.312. The lowest BCUT2D eigenvalue weighted by molar-refractivity contribution is -0.385. The number of rotatable bonds is 5. The van der Waals surface area contributed by atoms with Crippen LogP contribution in [0.4, 0.5) is 5.69 Å². The molecule has 10 heteroatoms. The van der Waals surface area contributed by atoms with Crippen molar-refractivity contribution in [3.8, 4) is 11.5 Å². The Morgan fingerprint density at radius 1 is 1.32 bits per heavy atom. The summed E-state index contributed by atoms with van der Waals surface area (Å²) in [6, 6.07) is 11.1. The zero-order valence-electron chi connectivity index (χ0n) is 12.5. The van der Waals surface area contributed by atoms with Gasteiger partial charge >= 0.3 is 5.69 Å². The molecule has 1 aromatic heterocycles. The van der Waals surface area contributed by atoms with Gasteiger partial charge in [-0.1, -0.05) is 11.6 Å². The van der Waals surface area contributed by atoms with Gasteiger partial charge in [0.2, 0.25) is 10.5 Å². The second-order valence-corrected chi connectivity index (χ2v) is 5.61. The average molecular weight is 376 g/mol. The highest BCUT2D eigenvalue weighted by Crippen LogP contribution is 2.33. The van der Waals surface area contributed by atoms with Gasteiger partial charge in [-0.25, -0.2) is 0 Å². The third-order valence-corrected chi connectivity index (χ3v) is 3.61. The van der Waals surface area contributed by atoms with Crippen molar-refractivity contribution in [2.45, 2.75) is 0 Å². The summed E-state index contributed by atoms with van der Waals surface area (Å²) in [6.07, 6.45) is 3.05. The molecule has 0 aliphatic heterocycles. The summed E-state index contributed by atoms with van der Waals surface area (Å²) in [6.45, 7) is 0. The van der Waals surface area contributed by atoms with Gasteiger partial charge in [0.05, 0.1) is 11.1 Å². The number of aromatic amines is 1. The van der Waals surface area contributed by atoms with E-state index >= 15 is 0 Å². The highest BCUT2D eigenvalue weighted by Gasteiger charge is 2.16. The minimum atomic E-state index is -0.545. The first-order valence-electron chi connectivity index (χ1n) is 6.91. The van der Waals surface area contributed by atoms with Crippen LogP contribution in [0.3, 0.4) is 0 Å². The molecule has 0 fully saturated rings. The number of nitro groups is 1. The largest absolute Gasteiger partial charge is 0.450 e. The molecule has 0 aliphatic rings. The molecule has 0 atom stereocenters. The summed E-state index contributed by atoms with van der Waals surface area (Å²) in [5.41, 5.74) is 0.591. The first-order chi connectivity index (χ1) is 12.0. The first-order valence-corrected chi connectivity index (χ1v) is 7.70. The third-order valence-electron chi connectivity index (χ3n) is 3.09. The molecule has 3 aromatic rings. The molecular formula is C15H10ClN5O3S. The summed E-state index contributed by atoms with van der Waals surface area (Å²) in [5.74, 6) is 0.558. The van der Waals surface area contributed by atoms with Crippen LogP contribution in [-0.2, 0) is 0 Å². The highest BCUT2D eigenvalue weighted by molar-refractivity contribution is 7.71. The van der Waals surface area contributed by atoms with Crippen molar-refractivity contribution in [1.29, 1.82) is 0 Å². The Kier molecular flexibility index (Phi) is 4.87. The van der Waals surface area contributed by atoms with E-state index in [9.17, 15) is 10.1 Å². The van der Waals surface area contributed by atoms with E-state index in [0.717, 1.165) is 5.56 Å². The van der Waals surface area contributed by atoms with Crippen LogP contribution >= 0.6 is 23.8 Å². The van der Waals surface area contributed by atoms with Crippen LogP contribution in [0.1, 0.15) is 5.56 Å². The standard InChI is InChI=1S/C15H10ClN5O3S/c16-11-3-6-14(13(7-11)21(22)23)24-12-4-1-10(2-5-12)8-18-20-9-17-19-15(20)25/h1-9H,(H,19,25)/b18-8-. The van der Waals surface area contributed by atoms with Crippen LogP contribution in [0.5, 0.6) is 11.5 Å². The SMILES string of the molecule is O=[N+]([O-])c1cc(Cl)ccc1Oc1ccc(/C=N\n2cn[nH]c2=S)cc1. The second-order valence-electron chi connectivity index (χ2n) is 4.79. The maximum atomic E-state index is 11.1. The number of hydrogen-bond acceptors (Lipinski definition) is 6. The molecule has 3 rings (SSSR count). The van der Waals surface area contributed by atoms with E-state index in [1.165, 1.54) is 29.2 Å². The van der Waals surface area contributed by atoms with Crippen molar-refractivity contribution in [2.24, 2.45) is 5.10 Å². The third kappa shape index (κ3) is 4.08. The van der Waals surface area contributed by atoms with Crippen molar-refractivity contribution in [2.75, 3.05) is 0 Å². The highest BCUT2D eigenvalue weighted by atomic mass is 35.5. The van der Waals surface area contributed by atoms with Gasteiger partial charge in [-0.15, -0.1) is 0 Å². The summed E-state index contributed by atoms with van der Waals surface area (Å²) >= 11 is 10.8. The van der Waals surface area contributed by atoms with Crippen LogP contribution in [0, 0.1) is 14.9 Å². The molecule has 8 nitrogen and oxygen atoms in total. The number of nitrogens with zero attached hydrogens (tertiary/aromatic N) is 4. The van der Waals surface area contributed by atoms with Crippen molar-refractivity contribution < 1.29 is 9.66 Å². The predicted molar refractivity (Wildman–Crippen MR) is 95.0 cm³/mol. The summed E-state index contributed by atoms with van der Waals surface area (Å²) in [4.78, 5) is 10.5. The lowest BCUT2D eigenvalue weighted by Crippen LogP contribution is -1.94. The lowest BCUT2D eigenvalue weighted by atomic mass is 10.2. The van der Waals surface area contributed by atoms with Crippen LogP contribution in [0.15, 0.2) is 53.9 Å². The Morgan fingerprint density at radius 2 is 2.08 bits per heavy atom. The lowest BCUT2D eigenvalue weighted by Gasteiger charge is -2.06. The van der Waals surface area contributed by atoms with E-state index in [0.29, 0.717) is 10.5 Å². The molecule has 0 aliphatic carbocycles. The summed E-state index contributed by atoms with van der Waals surface area (Å²) in [5, 5.41) is 21.8. The van der Waals surface area contributed by atoms with E-state index < -0.39 is 4.92 Å². The van der Waals surface area contributed by atoms with Crippen LogP contribution in [0.2, 0.25) is 5.02 Å². The average Bonchev–Trinajstić information content (AvgIpc) is 3.01. The molecule has 0 amide bonds. The monoisotopic (exact) mass is 375 g/mol. The molecule has 0 radical (unpaired) electrons. The predicted octanol–water partition coefficient (Wildman–Crippen LogP) is 4.18. The van der Waals surface area contributed by atoms with E-state index in [1.807, 2.05) is 0 Å². The minimum Gasteiger partial charge on any atom is -0.450 e. The number of ether oxygens (including phenoxy) is 1. The summed E-state index contributed by atoms with van der Waals surface area (Å²) < 4.78 is 7.36. The van der Waals surface area contributed by atoms with Crippen LogP contribution < -0.4 is 4.74 Å². The molecule has 126 valence electrons. The van der Waals surface area contributed by atoms with Gasteiger partial charge in [0, 0.05) is 11.1 Å². The van der Waals surface area contributed by atoms with E-state index in [2.05, 4.69) is 15.3 Å². The second kappa shape index (κ2) is 7.24. The van der Waals surface area contributed by atoms with E-state index in [4.69, 9.17) is 28.6 Å². The molecule has 0 bridgehead atoms. The zero-order valence-corrected chi connectivity index (χ0v) is 14.1. The van der Waals surface area contributed by atoms with Gasteiger partial charge in [-0.05, 0) is 54.2 Å². The maximum Gasteiger partial charge on any atom is 0.313 e. The number of benzene rings is 2. The minimum absolute atomic E-state index is 0.112. The van der Waals surface area contributed by atoms with Gasteiger partial charge in [-0.2, -0.15) is 14.9 Å². The number of nitrogens with one attached hydrogen (secondary N) is 1. The van der Waals surface area contributed by atoms with Gasteiger partial charge in [0.15, 0.2) is 0 Å². The fourth-order valence-electron chi connectivity index (χ4n) is 1.92. The number of hydrogen-bond donors (Lipinski definition) is 1. The Labute approximate surface area is 151 Å². The van der Waals surface area contributed by atoms with Gasteiger partial charge in [0.25, 0.3) is 0 Å². The van der Waals surface area contributed by atoms with Crippen molar-refractivity contribution >= 4 is 35.7 Å². The molecule has 1 N–H and O–H groups in total. The molecule has 0 saturated carbocycles. The number of halogens is 1. The Morgan fingerprint density at radius 3 is 2.72 bits per heavy atom.